The number of nitrogens with zero attached hydrogens (tertiary/aromatic N) is 1. The van der Waals surface area contributed by atoms with Gasteiger partial charge in [0, 0.05) is 0 Å². The molecule has 1 amide bonds. The van der Waals surface area contributed by atoms with E-state index in [4.69, 9.17) is 10.4 Å². The lowest BCUT2D eigenvalue weighted by molar-refractivity contribution is 0.103. The van der Waals surface area contributed by atoms with Crippen molar-refractivity contribution in [3.8, 4) is 17.9 Å². The Kier molecular flexibility index (Phi) is 4.52. The largest absolute Gasteiger partial charge is 0.384 e. The molecule has 0 fully saturated rings. The Morgan fingerprint density at radius 3 is 2.85 bits per heavy atom. The Bertz CT molecular complexity index is 732. The SMILES string of the molecule is N#Cc1ccccc1NC(=O)c1ccc(C#CCO)s1. The molecule has 5 heteroatoms. The van der Waals surface area contributed by atoms with Crippen LogP contribution in [-0.2, 0) is 0 Å². The highest BCUT2D eigenvalue weighted by Crippen LogP contribution is 2.19. The van der Waals surface area contributed by atoms with Gasteiger partial charge in [-0.05, 0) is 24.3 Å². The molecule has 0 saturated carbocycles. The summed E-state index contributed by atoms with van der Waals surface area (Å²) in [7, 11) is 0. The predicted octanol–water partition coefficient (Wildman–Crippen LogP) is 2.22. The number of thiophene rings is 1. The van der Waals surface area contributed by atoms with Crippen LogP contribution in [0.3, 0.4) is 0 Å². The summed E-state index contributed by atoms with van der Waals surface area (Å²) >= 11 is 1.23. The molecule has 1 heterocycles. The van der Waals surface area contributed by atoms with Gasteiger partial charge in [0.05, 0.1) is 21.0 Å². The van der Waals surface area contributed by atoms with Crippen molar-refractivity contribution < 1.29 is 9.90 Å². The molecule has 0 aliphatic rings. The summed E-state index contributed by atoms with van der Waals surface area (Å²) in [4.78, 5) is 13.3. The number of carbonyl (C=O) groups excluding carboxylic acids is 1. The number of rotatable bonds is 2. The Balaban J connectivity index is 2.16. The summed E-state index contributed by atoms with van der Waals surface area (Å²) in [6.45, 7) is -0.213. The molecule has 98 valence electrons. The van der Waals surface area contributed by atoms with E-state index < -0.39 is 0 Å². The summed E-state index contributed by atoms with van der Waals surface area (Å²) in [5, 5.41) is 20.3. The van der Waals surface area contributed by atoms with Gasteiger partial charge in [0.1, 0.15) is 12.7 Å². The van der Waals surface area contributed by atoms with Crippen LogP contribution in [0.1, 0.15) is 20.1 Å². The maximum absolute atomic E-state index is 12.1. The third-order valence-electron chi connectivity index (χ3n) is 2.42. The summed E-state index contributed by atoms with van der Waals surface area (Å²) in [6.07, 6.45) is 0. The minimum Gasteiger partial charge on any atom is -0.384 e. The average Bonchev–Trinajstić information content (AvgIpc) is 2.94. The Hall–Kier alpha value is -2.60. The fourth-order valence-electron chi connectivity index (χ4n) is 1.53. The molecular formula is C15H10N2O2S. The Morgan fingerprint density at radius 1 is 1.30 bits per heavy atom. The van der Waals surface area contributed by atoms with Crippen LogP contribution in [0.4, 0.5) is 5.69 Å². The average molecular weight is 282 g/mol. The topological polar surface area (TPSA) is 73.1 Å². The number of para-hydroxylation sites is 1. The molecule has 4 nitrogen and oxygen atoms in total. The molecule has 0 aliphatic carbocycles. The van der Waals surface area contributed by atoms with Crippen molar-refractivity contribution in [3.05, 3.63) is 51.7 Å². The Morgan fingerprint density at radius 2 is 2.10 bits per heavy atom. The summed E-state index contributed by atoms with van der Waals surface area (Å²) in [5.74, 6) is 4.99. The zero-order chi connectivity index (χ0) is 14.4. The number of anilines is 1. The monoisotopic (exact) mass is 282 g/mol. The number of nitrogens with one attached hydrogen (secondary N) is 1. The number of benzene rings is 1. The van der Waals surface area contributed by atoms with Gasteiger partial charge >= 0.3 is 0 Å². The van der Waals surface area contributed by atoms with E-state index >= 15 is 0 Å². The van der Waals surface area contributed by atoms with Crippen LogP contribution in [0.2, 0.25) is 0 Å². The van der Waals surface area contributed by atoms with Crippen molar-refractivity contribution in [2.45, 2.75) is 0 Å². The van der Waals surface area contributed by atoms with Gasteiger partial charge in [0.25, 0.3) is 5.91 Å². The number of hydrogen-bond acceptors (Lipinski definition) is 4. The van der Waals surface area contributed by atoms with Crippen LogP contribution < -0.4 is 5.32 Å². The van der Waals surface area contributed by atoms with Gasteiger partial charge < -0.3 is 10.4 Å². The van der Waals surface area contributed by atoms with E-state index in [9.17, 15) is 4.79 Å². The van der Waals surface area contributed by atoms with Crippen LogP contribution in [0.5, 0.6) is 0 Å². The van der Waals surface area contributed by atoms with E-state index in [0.29, 0.717) is 21.0 Å². The number of nitriles is 1. The van der Waals surface area contributed by atoms with Crippen molar-refractivity contribution >= 4 is 22.9 Å². The van der Waals surface area contributed by atoms with Crippen LogP contribution in [0, 0.1) is 23.2 Å². The van der Waals surface area contributed by atoms with Gasteiger partial charge in [-0.3, -0.25) is 4.79 Å². The second-order valence-electron chi connectivity index (χ2n) is 3.74. The van der Waals surface area contributed by atoms with E-state index in [1.54, 1.807) is 36.4 Å². The normalized spacial score (nSPS) is 9.20. The van der Waals surface area contributed by atoms with Gasteiger partial charge in [0.15, 0.2) is 0 Å². The first-order chi connectivity index (χ1) is 9.74. The lowest BCUT2D eigenvalue weighted by Gasteiger charge is -2.04. The molecule has 2 rings (SSSR count). The summed E-state index contributed by atoms with van der Waals surface area (Å²) in [6, 6.07) is 12.2. The molecule has 0 spiro atoms. The zero-order valence-corrected chi connectivity index (χ0v) is 11.2. The molecule has 0 unspecified atom stereocenters. The predicted molar refractivity (Wildman–Crippen MR) is 77.4 cm³/mol. The maximum Gasteiger partial charge on any atom is 0.265 e. The lowest BCUT2D eigenvalue weighted by atomic mass is 10.2. The molecular weight excluding hydrogens is 272 g/mol. The highest BCUT2D eigenvalue weighted by molar-refractivity contribution is 7.14. The van der Waals surface area contributed by atoms with Crippen molar-refractivity contribution in [1.29, 1.82) is 5.26 Å². The zero-order valence-electron chi connectivity index (χ0n) is 10.4. The fraction of sp³-hybridized carbons (Fsp3) is 0.0667. The van der Waals surface area contributed by atoms with E-state index in [1.807, 2.05) is 6.07 Å². The second-order valence-corrected chi connectivity index (χ2v) is 4.82. The Labute approximate surface area is 120 Å². The number of aliphatic hydroxyl groups is 1. The van der Waals surface area contributed by atoms with Crippen LogP contribution in [-0.4, -0.2) is 17.6 Å². The first-order valence-corrected chi connectivity index (χ1v) is 6.56. The molecule has 2 aromatic rings. The van der Waals surface area contributed by atoms with Gasteiger partial charge in [-0.25, -0.2) is 0 Å². The van der Waals surface area contributed by atoms with Gasteiger partial charge in [-0.15, -0.1) is 11.3 Å². The van der Waals surface area contributed by atoms with Gasteiger partial charge in [-0.2, -0.15) is 5.26 Å². The van der Waals surface area contributed by atoms with Crippen molar-refractivity contribution in [3.63, 3.8) is 0 Å². The smallest absolute Gasteiger partial charge is 0.265 e. The van der Waals surface area contributed by atoms with E-state index in [1.165, 1.54) is 11.3 Å². The quantitative estimate of drug-likeness (QED) is 0.829. The van der Waals surface area contributed by atoms with Crippen molar-refractivity contribution in [2.75, 3.05) is 11.9 Å². The van der Waals surface area contributed by atoms with E-state index in [2.05, 4.69) is 17.2 Å². The summed E-state index contributed by atoms with van der Waals surface area (Å²) < 4.78 is 0. The first-order valence-electron chi connectivity index (χ1n) is 5.74. The minimum atomic E-state index is -0.283. The van der Waals surface area contributed by atoms with E-state index in [-0.39, 0.29) is 12.5 Å². The van der Waals surface area contributed by atoms with Crippen LogP contribution >= 0.6 is 11.3 Å². The third kappa shape index (κ3) is 3.24. The standard InChI is InChI=1S/C15H10N2O2S/c16-10-11-4-1-2-6-13(11)17-15(19)14-8-7-12(20-14)5-3-9-18/h1-2,4,6-8,18H,9H2,(H,17,19). The van der Waals surface area contributed by atoms with Crippen LogP contribution in [0.15, 0.2) is 36.4 Å². The lowest BCUT2D eigenvalue weighted by Crippen LogP contribution is -2.11. The summed E-state index contributed by atoms with van der Waals surface area (Å²) in [5.41, 5.74) is 0.897. The fourth-order valence-corrected chi connectivity index (χ4v) is 2.30. The third-order valence-corrected chi connectivity index (χ3v) is 3.42. The number of hydrogen-bond donors (Lipinski definition) is 2. The highest BCUT2D eigenvalue weighted by Gasteiger charge is 2.10. The van der Waals surface area contributed by atoms with Crippen molar-refractivity contribution in [2.24, 2.45) is 0 Å². The molecule has 1 aromatic carbocycles. The second kappa shape index (κ2) is 6.53. The molecule has 0 radical (unpaired) electrons. The molecule has 20 heavy (non-hydrogen) atoms. The number of aliphatic hydroxyl groups excluding tert-OH is 1. The molecule has 1 aromatic heterocycles. The van der Waals surface area contributed by atoms with Gasteiger partial charge in [-0.1, -0.05) is 24.0 Å². The molecule has 0 bridgehead atoms. The van der Waals surface area contributed by atoms with Crippen LogP contribution in [0.25, 0.3) is 0 Å². The number of carbonyl (C=O) groups is 1. The van der Waals surface area contributed by atoms with Crippen molar-refractivity contribution in [1.82, 2.24) is 0 Å². The molecule has 2 N–H and O–H groups in total. The van der Waals surface area contributed by atoms with Gasteiger partial charge in [0.2, 0.25) is 0 Å². The first kappa shape index (κ1) is 13.8. The number of amides is 1. The highest BCUT2D eigenvalue weighted by atomic mass is 32.1. The molecule has 0 atom stereocenters. The molecule has 0 aliphatic heterocycles. The molecule has 0 saturated heterocycles. The van der Waals surface area contributed by atoms with E-state index in [0.717, 1.165) is 0 Å². The minimum absolute atomic E-state index is 0.213. The maximum atomic E-state index is 12.1.